The van der Waals surface area contributed by atoms with E-state index in [-0.39, 0.29) is 18.4 Å². The number of esters is 1. The SMILES string of the molecule is C[C@@H](O)[C@H]1OC(=O)C[C@@H]1N. The standard InChI is InChI=1S/C6H11NO3/c1-3(8)6-4(7)2-5(9)10-6/h3-4,6,8H,2,7H2,1H3/t3-,4+,6-/m1/s1. The molecule has 0 aromatic carbocycles. The molecular formula is C6H11NO3. The minimum atomic E-state index is -0.665. The summed E-state index contributed by atoms with van der Waals surface area (Å²) < 4.78 is 4.72. The number of carbonyl (C=O) groups excluding carboxylic acids is 1. The third-order valence-corrected chi connectivity index (χ3v) is 1.57. The number of hydrogen-bond donors (Lipinski definition) is 2. The van der Waals surface area contributed by atoms with Gasteiger partial charge in [0, 0.05) is 0 Å². The maximum absolute atomic E-state index is 10.6. The first-order valence-corrected chi connectivity index (χ1v) is 3.24. The summed E-state index contributed by atoms with van der Waals surface area (Å²) in [5.74, 6) is -0.321. The lowest BCUT2D eigenvalue weighted by Gasteiger charge is -2.15. The average Bonchev–Trinajstić information content (AvgIpc) is 2.10. The zero-order valence-corrected chi connectivity index (χ0v) is 5.78. The van der Waals surface area contributed by atoms with Gasteiger partial charge in [-0.2, -0.15) is 0 Å². The van der Waals surface area contributed by atoms with Gasteiger partial charge in [-0.1, -0.05) is 0 Å². The number of aliphatic hydroxyl groups excluding tert-OH is 1. The molecule has 1 fully saturated rings. The Hall–Kier alpha value is -0.610. The van der Waals surface area contributed by atoms with E-state index in [1.165, 1.54) is 0 Å². The third-order valence-electron chi connectivity index (χ3n) is 1.57. The summed E-state index contributed by atoms with van der Waals surface area (Å²) in [6.45, 7) is 1.56. The monoisotopic (exact) mass is 145 g/mol. The average molecular weight is 145 g/mol. The van der Waals surface area contributed by atoms with E-state index in [0.717, 1.165) is 0 Å². The van der Waals surface area contributed by atoms with Crippen LogP contribution in [0.25, 0.3) is 0 Å². The summed E-state index contributed by atoms with van der Waals surface area (Å²) in [6, 6.07) is -0.340. The topological polar surface area (TPSA) is 72.5 Å². The van der Waals surface area contributed by atoms with Gasteiger partial charge in [-0.3, -0.25) is 4.79 Å². The van der Waals surface area contributed by atoms with Gasteiger partial charge in [0.25, 0.3) is 0 Å². The summed E-state index contributed by atoms with van der Waals surface area (Å²) >= 11 is 0. The normalized spacial score (nSPS) is 35.7. The molecule has 1 saturated heterocycles. The fourth-order valence-corrected chi connectivity index (χ4v) is 1.05. The van der Waals surface area contributed by atoms with Crippen molar-refractivity contribution in [2.45, 2.75) is 31.6 Å². The molecule has 1 aliphatic heterocycles. The second-order valence-corrected chi connectivity index (χ2v) is 2.56. The lowest BCUT2D eigenvalue weighted by atomic mass is 10.1. The molecule has 0 aromatic heterocycles. The zero-order chi connectivity index (χ0) is 7.72. The zero-order valence-electron chi connectivity index (χ0n) is 5.78. The number of rotatable bonds is 1. The van der Waals surface area contributed by atoms with Gasteiger partial charge >= 0.3 is 5.97 Å². The number of aliphatic hydroxyl groups is 1. The summed E-state index contributed by atoms with van der Waals surface area (Å²) in [4.78, 5) is 10.6. The molecule has 3 N–H and O–H groups in total. The van der Waals surface area contributed by atoms with Crippen molar-refractivity contribution < 1.29 is 14.6 Å². The number of cyclic esters (lactones) is 1. The Morgan fingerprint density at radius 2 is 2.50 bits per heavy atom. The van der Waals surface area contributed by atoms with Gasteiger partial charge in [-0.25, -0.2) is 0 Å². The van der Waals surface area contributed by atoms with E-state index in [4.69, 9.17) is 15.6 Å². The van der Waals surface area contributed by atoms with Crippen molar-refractivity contribution in [1.82, 2.24) is 0 Å². The molecule has 0 unspecified atom stereocenters. The molecule has 0 aromatic rings. The summed E-state index contributed by atoms with van der Waals surface area (Å²) in [6.07, 6.45) is -0.954. The highest BCUT2D eigenvalue weighted by atomic mass is 16.6. The minimum Gasteiger partial charge on any atom is -0.458 e. The van der Waals surface area contributed by atoms with Crippen molar-refractivity contribution in [3.8, 4) is 0 Å². The first kappa shape index (κ1) is 7.50. The van der Waals surface area contributed by atoms with Crippen molar-refractivity contribution in [2.75, 3.05) is 0 Å². The Morgan fingerprint density at radius 1 is 1.90 bits per heavy atom. The van der Waals surface area contributed by atoms with Crippen LogP contribution >= 0.6 is 0 Å². The predicted octanol–water partition coefficient (Wildman–Crippen LogP) is -0.990. The first-order valence-electron chi connectivity index (χ1n) is 3.24. The van der Waals surface area contributed by atoms with Crippen LogP contribution in [0.1, 0.15) is 13.3 Å². The van der Waals surface area contributed by atoms with Gasteiger partial charge in [-0.15, -0.1) is 0 Å². The Labute approximate surface area is 59.0 Å². The molecule has 10 heavy (non-hydrogen) atoms. The summed E-state index contributed by atoms with van der Waals surface area (Å²) in [7, 11) is 0. The van der Waals surface area contributed by atoms with Crippen LogP contribution in [-0.4, -0.2) is 29.3 Å². The van der Waals surface area contributed by atoms with Gasteiger partial charge in [0.1, 0.15) is 6.10 Å². The summed E-state index contributed by atoms with van der Waals surface area (Å²) in [5, 5.41) is 8.98. The van der Waals surface area contributed by atoms with Crippen molar-refractivity contribution in [3.05, 3.63) is 0 Å². The van der Waals surface area contributed by atoms with Crippen molar-refractivity contribution in [1.29, 1.82) is 0 Å². The molecule has 1 heterocycles. The fraction of sp³-hybridized carbons (Fsp3) is 0.833. The second-order valence-electron chi connectivity index (χ2n) is 2.56. The molecule has 1 rings (SSSR count). The lowest BCUT2D eigenvalue weighted by Crippen LogP contribution is -2.38. The van der Waals surface area contributed by atoms with E-state index < -0.39 is 12.2 Å². The molecule has 0 bridgehead atoms. The fourth-order valence-electron chi connectivity index (χ4n) is 1.05. The smallest absolute Gasteiger partial charge is 0.307 e. The van der Waals surface area contributed by atoms with Gasteiger partial charge in [0.15, 0.2) is 0 Å². The molecule has 0 saturated carbocycles. The highest BCUT2D eigenvalue weighted by Crippen LogP contribution is 2.15. The maximum atomic E-state index is 10.6. The van der Waals surface area contributed by atoms with Crippen LogP contribution in [-0.2, 0) is 9.53 Å². The van der Waals surface area contributed by atoms with Crippen LogP contribution in [0.5, 0.6) is 0 Å². The maximum Gasteiger partial charge on any atom is 0.307 e. The molecule has 0 aliphatic carbocycles. The van der Waals surface area contributed by atoms with Crippen LogP contribution in [0.2, 0.25) is 0 Å². The van der Waals surface area contributed by atoms with Crippen molar-refractivity contribution >= 4 is 5.97 Å². The minimum absolute atomic E-state index is 0.218. The highest BCUT2D eigenvalue weighted by Gasteiger charge is 2.34. The van der Waals surface area contributed by atoms with Crippen LogP contribution in [0.15, 0.2) is 0 Å². The van der Waals surface area contributed by atoms with Gasteiger partial charge in [0.2, 0.25) is 0 Å². The van der Waals surface area contributed by atoms with Crippen LogP contribution in [0.3, 0.4) is 0 Å². The largest absolute Gasteiger partial charge is 0.458 e. The van der Waals surface area contributed by atoms with Crippen molar-refractivity contribution in [2.24, 2.45) is 5.73 Å². The van der Waals surface area contributed by atoms with Crippen LogP contribution in [0.4, 0.5) is 0 Å². The number of carbonyl (C=O) groups is 1. The Bertz CT molecular complexity index is 146. The Kier molecular flexibility index (Phi) is 1.92. The lowest BCUT2D eigenvalue weighted by molar-refractivity contribution is -0.145. The number of ether oxygens (including phenoxy) is 1. The molecular weight excluding hydrogens is 134 g/mol. The second kappa shape index (κ2) is 2.56. The number of hydrogen-bond acceptors (Lipinski definition) is 4. The molecule has 58 valence electrons. The van der Waals surface area contributed by atoms with E-state index in [9.17, 15) is 4.79 Å². The molecule has 1 aliphatic rings. The van der Waals surface area contributed by atoms with E-state index in [1.807, 2.05) is 0 Å². The molecule has 4 heteroatoms. The van der Waals surface area contributed by atoms with E-state index >= 15 is 0 Å². The highest BCUT2D eigenvalue weighted by molar-refractivity contribution is 5.72. The van der Waals surface area contributed by atoms with Gasteiger partial charge < -0.3 is 15.6 Å². The predicted molar refractivity (Wildman–Crippen MR) is 34.2 cm³/mol. The Balaban J connectivity index is 2.54. The van der Waals surface area contributed by atoms with Crippen molar-refractivity contribution in [3.63, 3.8) is 0 Å². The van der Waals surface area contributed by atoms with Crippen LogP contribution < -0.4 is 5.73 Å². The summed E-state index contributed by atoms with van der Waals surface area (Å²) in [5.41, 5.74) is 5.46. The Morgan fingerprint density at radius 3 is 2.70 bits per heavy atom. The molecule has 4 nitrogen and oxygen atoms in total. The van der Waals surface area contributed by atoms with E-state index in [1.54, 1.807) is 6.92 Å². The first-order chi connectivity index (χ1) is 4.61. The van der Waals surface area contributed by atoms with E-state index in [0.29, 0.717) is 0 Å². The molecule has 0 radical (unpaired) electrons. The molecule has 3 atom stereocenters. The number of nitrogens with two attached hydrogens (primary N) is 1. The van der Waals surface area contributed by atoms with Gasteiger partial charge in [0.05, 0.1) is 18.6 Å². The van der Waals surface area contributed by atoms with Crippen LogP contribution in [0, 0.1) is 0 Å². The van der Waals surface area contributed by atoms with Gasteiger partial charge in [-0.05, 0) is 6.92 Å². The third kappa shape index (κ3) is 1.27. The molecule has 0 spiro atoms. The molecule has 0 amide bonds. The van der Waals surface area contributed by atoms with E-state index in [2.05, 4.69) is 0 Å². The quantitative estimate of drug-likeness (QED) is 0.465.